The van der Waals surface area contributed by atoms with Crippen LogP contribution >= 0.6 is 0 Å². The molecule has 0 aliphatic rings. The van der Waals surface area contributed by atoms with E-state index in [4.69, 9.17) is 5.73 Å². The fraction of sp³-hybridized carbons (Fsp3) is 1.00. The number of hydrogen-bond donors (Lipinski definition) is 2. The van der Waals surface area contributed by atoms with Gasteiger partial charge < -0.3 is 5.73 Å². The highest BCUT2D eigenvalue weighted by molar-refractivity contribution is 7.87. The Morgan fingerprint density at radius 2 is 1.87 bits per heavy atom. The van der Waals surface area contributed by atoms with Crippen molar-refractivity contribution in [3.05, 3.63) is 0 Å². The molecule has 0 aromatic carbocycles. The van der Waals surface area contributed by atoms with Crippen molar-refractivity contribution in [3.63, 3.8) is 0 Å². The summed E-state index contributed by atoms with van der Waals surface area (Å²) in [5.74, 6) is 0.392. The van der Waals surface area contributed by atoms with Gasteiger partial charge in [0.25, 0.3) is 10.2 Å². The van der Waals surface area contributed by atoms with E-state index in [1.165, 1.54) is 14.1 Å². The molecule has 15 heavy (non-hydrogen) atoms. The molecule has 1 unspecified atom stereocenters. The molecule has 0 heterocycles. The first kappa shape index (κ1) is 14.8. The van der Waals surface area contributed by atoms with E-state index in [1.807, 2.05) is 20.8 Å². The largest absolute Gasteiger partial charge is 0.329 e. The molecule has 0 aromatic rings. The highest BCUT2D eigenvalue weighted by atomic mass is 32.2. The van der Waals surface area contributed by atoms with Crippen molar-refractivity contribution in [2.45, 2.75) is 32.7 Å². The lowest BCUT2D eigenvalue weighted by molar-refractivity contribution is 0.336. The van der Waals surface area contributed by atoms with Gasteiger partial charge >= 0.3 is 0 Å². The number of nitrogens with one attached hydrogen (secondary N) is 1. The Labute approximate surface area is 93.2 Å². The van der Waals surface area contributed by atoms with Crippen LogP contribution in [0.15, 0.2) is 0 Å². The van der Waals surface area contributed by atoms with Gasteiger partial charge in [0.05, 0.1) is 0 Å². The van der Waals surface area contributed by atoms with Crippen molar-refractivity contribution in [1.82, 2.24) is 9.03 Å². The summed E-state index contributed by atoms with van der Waals surface area (Å²) in [4.78, 5) is 0. The molecule has 6 heteroatoms. The Bertz CT molecular complexity index is 288. The van der Waals surface area contributed by atoms with E-state index in [0.717, 1.165) is 10.7 Å². The van der Waals surface area contributed by atoms with E-state index in [9.17, 15) is 8.42 Å². The van der Waals surface area contributed by atoms with Gasteiger partial charge in [-0.15, -0.1) is 0 Å². The normalized spacial score (nSPS) is 17.1. The van der Waals surface area contributed by atoms with E-state index in [1.54, 1.807) is 0 Å². The first-order chi connectivity index (χ1) is 6.63. The molecule has 0 spiro atoms. The molecule has 0 rings (SSSR count). The molecule has 0 aliphatic carbocycles. The molecule has 1 atom stereocenters. The van der Waals surface area contributed by atoms with E-state index < -0.39 is 15.7 Å². The highest BCUT2D eigenvalue weighted by Gasteiger charge is 2.30. The van der Waals surface area contributed by atoms with Crippen LogP contribution in [0.25, 0.3) is 0 Å². The SMILES string of the molecule is CC(C)CC(C)(CN)NS(=O)(=O)N(C)C. The molecule has 5 nitrogen and oxygen atoms in total. The minimum atomic E-state index is -3.41. The van der Waals surface area contributed by atoms with E-state index in [0.29, 0.717) is 5.92 Å². The van der Waals surface area contributed by atoms with Crippen LogP contribution in [-0.4, -0.2) is 38.9 Å². The van der Waals surface area contributed by atoms with Crippen LogP contribution in [0.4, 0.5) is 0 Å². The van der Waals surface area contributed by atoms with E-state index in [-0.39, 0.29) is 6.54 Å². The smallest absolute Gasteiger partial charge is 0.279 e. The van der Waals surface area contributed by atoms with Crippen molar-refractivity contribution in [3.8, 4) is 0 Å². The van der Waals surface area contributed by atoms with Crippen molar-refractivity contribution >= 4 is 10.2 Å². The summed E-state index contributed by atoms with van der Waals surface area (Å²) >= 11 is 0. The Morgan fingerprint density at radius 1 is 1.40 bits per heavy atom. The Hall–Kier alpha value is -0.170. The fourth-order valence-electron chi connectivity index (χ4n) is 1.47. The van der Waals surface area contributed by atoms with Gasteiger partial charge in [-0.25, -0.2) is 0 Å². The number of nitrogens with two attached hydrogens (primary N) is 1. The van der Waals surface area contributed by atoms with Crippen LogP contribution in [0.3, 0.4) is 0 Å². The topological polar surface area (TPSA) is 75.4 Å². The van der Waals surface area contributed by atoms with Gasteiger partial charge in [-0.05, 0) is 19.3 Å². The second-order valence-electron chi connectivity index (χ2n) is 4.75. The highest BCUT2D eigenvalue weighted by Crippen LogP contribution is 2.16. The molecule has 0 saturated heterocycles. The molecule has 0 radical (unpaired) electrons. The molecule has 0 aromatic heterocycles. The minimum Gasteiger partial charge on any atom is -0.329 e. The van der Waals surface area contributed by atoms with Crippen molar-refractivity contribution in [1.29, 1.82) is 0 Å². The molecular formula is C9H23N3O2S. The van der Waals surface area contributed by atoms with Crippen LogP contribution in [-0.2, 0) is 10.2 Å². The van der Waals surface area contributed by atoms with Crippen LogP contribution in [0.1, 0.15) is 27.2 Å². The summed E-state index contributed by atoms with van der Waals surface area (Å²) in [5.41, 5.74) is 5.05. The van der Waals surface area contributed by atoms with Crippen molar-refractivity contribution in [2.75, 3.05) is 20.6 Å². The molecule has 0 bridgehead atoms. The number of hydrogen-bond acceptors (Lipinski definition) is 3. The lowest BCUT2D eigenvalue weighted by Crippen LogP contribution is -2.54. The summed E-state index contributed by atoms with van der Waals surface area (Å²) in [6.45, 7) is 6.20. The first-order valence-electron chi connectivity index (χ1n) is 5.04. The van der Waals surface area contributed by atoms with Gasteiger partial charge in [-0.2, -0.15) is 17.4 Å². The minimum absolute atomic E-state index is 0.290. The van der Waals surface area contributed by atoms with Gasteiger partial charge in [0.15, 0.2) is 0 Å². The average Bonchev–Trinajstić information content (AvgIpc) is 2.01. The van der Waals surface area contributed by atoms with Gasteiger partial charge in [-0.1, -0.05) is 13.8 Å². The van der Waals surface area contributed by atoms with Crippen LogP contribution in [0.2, 0.25) is 0 Å². The molecule has 92 valence electrons. The molecule has 0 aliphatic heterocycles. The van der Waals surface area contributed by atoms with Crippen molar-refractivity contribution in [2.24, 2.45) is 11.7 Å². The van der Waals surface area contributed by atoms with Crippen LogP contribution < -0.4 is 10.5 Å². The Kier molecular flexibility index (Phi) is 5.19. The quantitative estimate of drug-likeness (QED) is 0.690. The van der Waals surface area contributed by atoms with Crippen LogP contribution in [0, 0.1) is 5.92 Å². The maximum Gasteiger partial charge on any atom is 0.279 e. The third kappa shape index (κ3) is 4.92. The predicted octanol–water partition coefficient (Wildman–Crippen LogP) is 0.146. The summed E-state index contributed by atoms with van der Waals surface area (Å²) in [6.07, 6.45) is 0.719. The van der Waals surface area contributed by atoms with Crippen molar-refractivity contribution < 1.29 is 8.42 Å². The van der Waals surface area contributed by atoms with Gasteiger partial charge in [0.2, 0.25) is 0 Å². The summed E-state index contributed by atoms with van der Waals surface area (Å²) in [6, 6.07) is 0. The van der Waals surface area contributed by atoms with Crippen LogP contribution in [0.5, 0.6) is 0 Å². The third-order valence-corrected chi connectivity index (χ3v) is 3.88. The van der Waals surface area contributed by atoms with E-state index in [2.05, 4.69) is 4.72 Å². The maximum absolute atomic E-state index is 11.6. The third-order valence-electron chi connectivity index (χ3n) is 2.17. The predicted molar refractivity (Wildman–Crippen MR) is 62.7 cm³/mol. The standard InChI is InChI=1S/C9H23N3O2S/c1-8(2)6-9(3,7-10)11-15(13,14)12(4)5/h8,11H,6-7,10H2,1-5H3. The first-order valence-corrected chi connectivity index (χ1v) is 6.48. The number of rotatable bonds is 6. The van der Waals surface area contributed by atoms with Gasteiger partial charge in [0.1, 0.15) is 0 Å². The lowest BCUT2D eigenvalue weighted by Gasteiger charge is -2.31. The van der Waals surface area contributed by atoms with Gasteiger partial charge in [0, 0.05) is 26.2 Å². The van der Waals surface area contributed by atoms with E-state index >= 15 is 0 Å². The zero-order chi connectivity index (χ0) is 12.3. The lowest BCUT2D eigenvalue weighted by atomic mass is 9.92. The second kappa shape index (κ2) is 5.25. The molecule has 3 N–H and O–H groups in total. The zero-order valence-electron chi connectivity index (χ0n) is 10.2. The maximum atomic E-state index is 11.6. The zero-order valence-corrected chi connectivity index (χ0v) is 11.1. The molecular weight excluding hydrogens is 214 g/mol. The Morgan fingerprint density at radius 3 is 2.13 bits per heavy atom. The summed E-state index contributed by atoms with van der Waals surface area (Å²) in [5, 5.41) is 0. The number of nitrogens with zero attached hydrogens (tertiary/aromatic N) is 1. The summed E-state index contributed by atoms with van der Waals surface area (Å²) in [7, 11) is -0.421. The average molecular weight is 237 g/mol. The molecule has 0 amide bonds. The fourth-order valence-corrected chi connectivity index (χ4v) is 2.44. The molecule has 0 saturated carbocycles. The second-order valence-corrected chi connectivity index (χ2v) is 6.64. The molecule has 0 fully saturated rings. The Balaban J connectivity index is 4.72. The van der Waals surface area contributed by atoms with Gasteiger partial charge in [-0.3, -0.25) is 0 Å². The monoisotopic (exact) mass is 237 g/mol. The summed E-state index contributed by atoms with van der Waals surface area (Å²) < 4.78 is 27.1.